The number of amides is 1. The molecular weight excluding hydrogens is 328 g/mol. The van der Waals surface area contributed by atoms with Crippen LogP contribution in [0.15, 0.2) is 29.4 Å². The van der Waals surface area contributed by atoms with Gasteiger partial charge in [0.25, 0.3) is 5.91 Å². The minimum absolute atomic E-state index is 0.00196. The first-order chi connectivity index (χ1) is 9.96. The number of pyridine rings is 1. The fourth-order valence-electron chi connectivity index (χ4n) is 2.38. The molecule has 1 aromatic heterocycles. The maximum Gasteiger partial charge on any atom is 0.266 e. The van der Waals surface area contributed by atoms with Crippen molar-refractivity contribution in [3.8, 4) is 0 Å². The highest BCUT2D eigenvalue weighted by Gasteiger charge is 2.41. The Morgan fingerprint density at radius 3 is 2.71 bits per heavy atom. The third kappa shape index (κ3) is 3.02. The minimum atomic E-state index is -3.05. The van der Waals surface area contributed by atoms with E-state index < -0.39 is 9.84 Å². The molecule has 5 nitrogen and oxygen atoms in total. The van der Waals surface area contributed by atoms with Gasteiger partial charge in [0, 0.05) is 12.4 Å². The van der Waals surface area contributed by atoms with E-state index in [2.05, 4.69) is 4.98 Å². The Hall–Kier alpha value is -1.25. The van der Waals surface area contributed by atoms with Gasteiger partial charge in [0.1, 0.15) is 4.32 Å². The Morgan fingerprint density at radius 2 is 2.10 bits per heavy atom. The summed E-state index contributed by atoms with van der Waals surface area (Å²) in [5, 5.41) is 0. The predicted molar refractivity (Wildman–Crippen MR) is 86.3 cm³/mol. The van der Waals surface area contributed by atoms with E-state index in [1.807, 2.05) is 0 Å². The number of aromatic nitrogens is 1. The molecule has 2 fully saturated rings. The highest BCUT2D eigenvalue weighted by Crippen LogP contribution is 2.36. The summed E-state index contributed by atoms with van der Waals surface area (Å²) in [4.78, 5) is 18.4. The Kier molecular flexibility index (Phi) is 3.85. The molecule has 2 aliphatic heterocycles. The number of rotatable bonds is 2. The third-order valence-electron chi connectivity index (χ3n) is 3.40. The van der Waals surface area contributed by atoms with Crippen LogP contribution < -0.4 is 0 Å². The van der Waals surface area contributed by atoms with E-state index in [-0.39, 0.29) is 23.5 Å². The zero-order valence-electron chi connectivity index (χ0n) is 10.9. The lowest BCUT2D eigenvalue weighted by atomic mass is 10.2. The second-order valence-corrected chi connectivity index (χ2v) is 8.79. The number of carbonyl (C=O) groups is 1. The van der Waals surface area contributed by atoms with Crippen LogP contribution in [0.3, 0.4) is 0 Å². The molecule has 0 N–H and O–H groups in total. The zero-order valence-corrected chi connectivity index (χ0v) is 13.4. The molecule has 1 aromatic rings. The molecule has 0 bridgehead atoms. The van der Waals surface area contributed by atoms with E-state index in [0.717, 1.165) is 5.56 Å². The van der Waals surface area contributed by atoms with Gasteiger partial charge in [-0.05, 0) is 30.2 Å². The summed E-state index contributed by atoms with van der Waals surface area (Å²) < 4.78 is 23.6. The Balaban J connectivity index is 1.85. The first kappa shape index (κ1) is 14.7. The summed E-state index contributed by atoms with van der Waals surface area (Å²) in [5.74, 6) is -0.0796. The summed E-state index contributed by atoms with van der Waals surface area (Å²) in [5.41, 5.74) is 0.865. The van der Waals surface area contributed by atoms with E-state index in [9.17, 15) is 13.2 Å². The maximum absolute atomic E-state index is 12.5. The Labute approximate surface area is 132 Å². The second-order valence-electron chi connectivity index (χ2n) is 4.89. The smallest absolute Gasteiger partial charge is 0.266 e. The van der Waals surface area contributed by atoms with E-state index in [1.165, 1.54) is 16.7 Å². The SMILES string of the molecule is O=C1/C(=C/c2ccncc2)SC(=S)N1[C@H]1CCS(=O)(=O)C1. The molecule has 0 aliphatic carbocycles. The normalized spacial score (nSPS) is 26.8. The Bertz CT molecular complexity index is 728. The van der Waals surface area contributed by atoms with E-state index in [1.54, 1.807) is 30.6 Å². The van der Waals surface area contributed by atoms with Crippen LogP contribution in [-0.4, -0.2) is 46.1 Å². The van der Waals surface area contributed by atoms with Crippen molar-refractivity contribution in [2.75, 3.05) is 11.5 Å². The lowest BCUT2D eigenvalue weighted by molar-refractivity contribution is -0.123. The zero-order chi connectivity index (χ0) is 15.0. The second kappa shape index (κ2) is 5.51. The van der Waals surface area contributed by atoms with Crippen LogP contribution in [0.2, 0.25) is 0 Å². The Morgan fingerprint density at radius 1 is 1.38 bits per heavy atom. The van der Waals surface area contributed by atoms with Gasteiger partial charge in [-0.1, -0.05) is 24.0 Å². The van der Waals surface area contributed by atoms with Gasteiger partial charge in [-0.3, -0.25) is 14.7 Å². The molecule has 0 unspecified atom stereocenters. The molecule has 110 valence electrons. The van der Waals surface area contributed by atoms with Gasteiger partial charge in [-0.2, -0.15) is 0 Å². The molecule has 21 heavy (non-hydrogen) atoms. The summed E-state index contributed by atoms with van der Waals surface area (Å²) in [7, 11) is -3.05. The van der Waals surface area contributed by atoms with Crippen molar-refractivity contribution in [1.82, 2.24) is 9.88 Å². The number of hydrogen-bond acceptors (Lipinski definition) is 6. The molecule has 1 atom stereocenters. The van der Waals surface area contributed by atoms with Gasteiger partial charge in [0.05, 0.1) is 22.5 Å². The molecule has 0 saturated carbocycles. The van der Waals surface area contributed by atoms with Crippen molar-refractivity contribution in [3.63, 3.8) is 0 Å². The average Bonchev–Trinajstić information content (AvgIpc) is 2.91. The van der Waals surface area contributed by atoms with Gasteiger partial charge in [0.15, 0.2) is 9.84 Å². The summed E-state index contributed by atoms with van der Waals surface area (Å²) in [6.45, 7) is 0. The van der Waals surface area contributed by atoms with Crippen molar-refractivity contribution in [2.24, 2.45) is 0 Å². The van der Waals surface area contributed by atoms with Crippen LogP contribution >= 0.6 is 24.0 Å². The number of hydrogen-bond donors (Lipinski definition) is 0. The number of nitrogens with zero attached hydrogens (tertiary/aromatic N) is 2. The van der Waals surface area contributed by atoms with Crippen LogP contribution in [0.25, 0.3) is 6.08 Å². The molecule has 8 heteroatoms. The van der Waals surface area contributed by atoms with E-state index in [4.69, 9.17) is 12.2 Å². The fraction of sp³-hybridized carbons (Fsp3) is 0.308. The lowest BCUT2D eigenvalue weighted by Crippen LogP contribution is -2.39. The van der Waals surface area contributed by atoms with Crippen molar-refractivity contribution in [2.45, 2.75) is 12.5 Å². The topological polar surface area (TPSA) is 67.3 Å². The molecule has 0 radical (unpaired) electrons. The monoisotopic (exact) mass is 340 g/mol. The largest absolute Gasteiger partial charge is 0.289 e. The summed E-state index contributed by atoms with van der Waals surface area (Å²) in [6.07, 6.45) is 5.51. The minimum Gasteiger partial charge on any atom is -0.289 e. The quantitative estimate of drug-likeness (QED) is 0.600. The summed E-state index contributed by atoms with van der Waals surface area (Å²) >= 11 is 6.46. The van der Waals surface area contributed by atoms with Crippen LogP contribution in [0.4, 0.5) is 0 Å². The van der Waals surface area contributed by atoms with Crippen molar-refractivity contribution in [3.05, 3.63) is 35.0 Å². The van der Waals surface area contributed by atoms with Gasteiger partial charge >= 0.3 is 0 Å². The number of carbonyl (C=O) groups excluding carboxylic acids is 1. The van der Waals surface area contributed by atoms with E-state index in [0.29, 0.717) is 15.6 Å². The maximum atomic E-state index is 12.5. The van der Waals surface area contributed by atoms with Gasteiger partial charge in [-0.15, -0.1) is 0 Å². The summed E-state index contributed by atoms with van der Waals surface area (Å²) in [6, 6.07) is 3.27. The lowest BCUT2D eigenvalue weighted by Gasteiger charge is -2.20. The van der Waals surface area contributed by atoms with Gasteiger partial charge in [-0.25, -0.2) is 8.42 Å². The average molecular weight is 340 g/mol. The van der Waals surface area contributed by atoms with Crippen LogP contribution in [0.1, 0.15) is 12.0 Å². The highest BCUT2D eigenvalue weighted by atomic mass is 32.2. The number of sulfone groups is 1. The van der Waals surface area contributed by atoms with Crippen LogP contribution in [-0.2, 0) is 14.6 Å². The number of thioether (sulfide) groups is 1. The first-order valence-corrected chi connectivity index (χ1v) is 9.38. The molecule has 2 saturated heterocycles. The van der Waals surface area contributed by atoms with E-state index >= 15 is 0 Å². The third-order valence-corrected chi connectivity index (χ3v) is 6.48. The molecule has 2 aliphatic rings. The fourth-order valence-corrected chi connectivity index (χ4v) is 5.48. The standard InChI is InChI=1S/C13H12N2O3S3/c16-12-11(7-9-1-4-14-5-2-9)20-13(19)15(12)10-3-6-21(17,18)8-10/h1-2,4-5,7,10H,3,6,8H2/b11-7-/t10-/m0/s1. The first-order valence-electron chi connectivity index (χ1n) is 6.34. The highest BCUT2D eigenvalue weighted by molar-refractivity contribution is 8.26. The van der Waals surface area contributed by atoms with Crippen molar-refractivity contribution in [1.29, 1.82) is 0 Å². The molecule has 3 heterocycles. The number of thiocarbonyl (C=S) groups is 1. The van der Waals surface area contributed by atoms with Crippen molar-refractivity contribution >= 4 is 50.1 Å². The molecule has 1 amide bonds. The van der Waals surface area contributed by atoms with Gasteiger partial charge in [0.2, 0.25) is 0 Å². The van der Waals surface area contributed by atoms with Crippen molar-refractivity contribution < 1.29 is 13.2 Å². The molecule has 0 aromatic carbocycles. The van der Waals surface area contributed by atoms with Gasteiger partial charge < -0.3 is 0 Å². The molecule has 0 spiro atoms. The predicted octanol–water partition coefficient (Wildman–Crippen LogP) is 1.47. The van der Waals surface area contributed by atoms with Crippen LogP contribution in [0, 0.1) is 0 Å². The molecule has 3 rings (SSSR count). The van der Waals surface area contributed by atoms with Crippen LogP contribution in [0.5, 0.6) is 0 Å². The molecular formula is C13H12N2O3S3.